The molecule has 0 saturated heterocycles. The summed E-state index contributed by atoms with van der Waals surface area (Å²) in [6, 6.07) is -5.76. The van der Waals surface area contributed by atoms with Gasteiger partial charge >= 0.3 is 0 Å². The van der Waals surface area contributed by atoms with E-state index < -0.39 is 83.8 Å². The van der Waals surface area contributed by atoms with E-state index in [1.54, 1.807) is 0 Å². The van der Waals surface area contributed by atoms with Crippen molar-refractivity contribution in [3.05, 3.63) is 0 Å². The van der Waals surface area contributed by atoms with E-state index in [2.05, 4.69) is 103 Å². The number of nitrogens with one attached hydrogen (secondary N) is 8. The second kappa shape index (κ2) is 68.6. The maximum Gasteiger partial charge on any atom is 0.243 e. The zero-order chi connectivity index (χ0) is 76.8. The van der Waals surface area contributed by atoms with Crippen molar-refractivity contribution < 1.29 is 92.7 Å². The number of carbonyl (C=O) groups excluding carboxylic acids is 14. The third kappa shape index (κ3) is 78.4. The van der Waals surface area contributed by atoms with Gasteiger partial charge in [0.15, 0.2) is 11.9 Å². The minimum atomic E-state index is -0.780. The van der Waals surface area contributed by atoms with Crippen LogP contribution in [0.1, 0.15) is 55.4 Å². The standard InChI is InChI=1S/2C10H18N4O4S2.C5H12N2OS.2C5H11NO3.C5H11NO2S.2C4H10N4OS/c2*1-5(15)13-7(9(11)17)3-19-20-4-8(10(12)18)14-6(2)16;1-4(8)7-5(2-6)3-9;2*1-4(9)6-5(2-7)3-8;1-4(8)6-5(2-7)3-9;2*5-3(9)2(1-10)8-4(6)7/h2*7-8H,3-4H2,1-2H3,(H2,11,17)(H2,12,18)(H,13,15)(H,14,16);5,9H,2-3,6H2,1H3,(H,7,8);2*5,7-8H,2-3H2,1H3,(H,6,9);5,7,9H,2-3H2,1H3,(H,6,8);2*2,10H,1H2,(H2,5,9)(H4,6,7,8)/t2*7-,8+;5-;;;5-;2*2-/m..1..010/s1. The van der Waals surface area contributed by atoms with Gasteiger partial charge in [-0.2, -0.15) is 50.5 Å². The molecule has 0 radical (unpaired) electrons. The highest BCUT2D eigenvalue weighted by Crippen LogP contribution is 2.24. The molecule has 96 heavy (non-hydrogen) atoms. The molecule has 0 aliphatic carbocycles. The third-order valence-corrected chi connectivity index (χ3v) is 15.5. The number of thiol groups is 4. The van der Waals surface area contributed by atoms with E-state index in [4.69, 9.17) is 88.6 Å². The summed E-state index contributed by atoms with van der Waals surface area (Å²) in [7, 11) is 4.99. The van der Waals surface area contributed by atoms with Crippen LogP contribution in [-0.2, 0) is 67.1 Å². The van der Waals surface area contributed by atoms with E-state index in [0.717, 1.165) is 0 Å². The Hall–Kier alpha value is -6.32. The fourth-order valence-electron chi connectivity index (χ4n) is 4.75. The molecule has 0 unspecified atom stereocenters. The number of hydrogen-bond donors (Lipinski definition) is 28. The second-order valence-corrected chi connectivity index (χ2v) is 24.7. The molecule has 35 N–H and O–H groups in total. The van der Waals surface area contributed by atoms with Gasteiger partial charge in [0.2, 0.25) is 82.7 Å². The molecule has 0 aromatic heterocycles. The van der Waals surface area contributed by atoms with Crippen LogP contribution in [0.3, 0.4) is 0 Å². The third-order valence-electron chi connectivity index (χ3n) is 9.06. The quantitative estimate of drug-likeness (QED) is 0.00910. The van der Waals surface area contributed by atoms with E-state index >= 15 is 0 Å². The van der Waals surface area contributed by atoms with Crippen LogP contribution >= 0.6 is 93.7 Å². The zero-order valence-electron chi connectivity index (χ0n) is 54.3. The van der Waals surface area contributed by atoms with Crippen LogP contribution in [0.25, 0.3) is 0 Å². The largest absolute Gasteiger partial charge is 0.394 e. The molecule has 560 valence electrons. The number of amides is 14. The van der Waals surface area contributed by atoms with Crippen molar-refractivity contribution in [2.75, 3.05) is 85.6 Å². The van der Waals surface area contributed by atoms with Gasteiger partial charge in [0, 0.05) is 114 Å². The second-order valence-electron chi connectivity index (χ2n) is 18.2. The number of aliphatic imine (C=N–C) groups is 2. The Balaban J connectivity index is -0.000000158. The molecule has 0 aliphatic rings. The van der Waals surface area contributed by atoms with Crippen molar-refractivity contribution in [1.82, 2.24) is 42.5 Å². The summed E-state index contributed by atoms with van der Waals surface area (Å²) in [4.78, 5) is 157. The molecule has 0 bridgehead atoms. The lowest BCUT2D eigenvalue weighted by atomic mass is 10.3. The molecule has 0 rings (SSSR count). The first-order valence-corrected chi connectivity index (χ1v) is 34.7. The summed E-state index contributed by atoms with van der Waals surface area (Å²) in [6.07, 6.45) is 0. The van der Waals surface area contributed by atoms with E-state index in [9.17, 15) is 67.1 Å². The van der Waals surface area contributed by atoms with E-state index in [1.165, 1.54) is 98.6 Å². The van der Waals surface area contributed by atoms with Crippen LogP contribution in [0, 0.1) is 0 Å². The van der Waals surface area contributed by atoms with Gasteiger partial charge in [-0.05, 0) is 0 Å². The summed E-state index contributed by atoms with van der Waals surface area (Å²) >= 11 is 15.5. The lowest BCUT2D eigenvalue weighted by Crippen LogP contribution is -2.46. The first-order valence-electron chi connectivity index (χ1n) is 27.2. The Morgan fingerprint density at radius 3 is 0.583 bits per heavy atom. The summed E-state index contributed by atoms with van der Waals surface area (Å²) in [6.45, 7) is 10.2. The van der Waals surface area contributed by atoms with Crippen LogP contribution in [-0.4, -0.2) is 266 Å². The zero-order valence-corrected chi connectivity index (χ0v) is 61.1. The normalized spacial score (nSPS) is 12.2. The van der Waals surface area contributed by atoms with E-state index in [0.29, 0.717) is 18.1 Å². The van der Waals surface area contributed by atoms with Crippen molar-refractivity contribution in [3.63, 3.8) is 0 Å². The van der Waals surface area contributed by atoms with Gasteiger partial charge in [0.1, 0.15) is 36.3 Å². The molecule has 8 atom stereocenters. The molecule has 0 aliphatic heterocycles. The molecule has 0 saturated carbocycles. The van der Waals surface area contributed by atoms with E-state index in [1.807, 2.05) is 0 Å². The minimum Gasteiger partial charge on any atom is -0.394 e. The van der Waals surface area contributed by atoms with Crippen molar-refractivity contribution in [3.8, 4) is 0 Å². The average Bonchev–Trinajstić information content (AvgIpc) is 1.97. The van der Waals surface area contributed by atoms with Gasteiger partial charge in [-0.15, -0.1) is 0 Å². The van der Waals surface area contributed by atoms with Crippen molar-refractivity contribution in [2.45, 2.75) is 116 Å². The van der Waals surface area contributed by atoms with Crippen LogP contribution in [0.15, 0.2) is 9.98 Å². The molecule has 14 amide bonds. The number of rotatable bonds is 36. The molecule has 0 spiro atoms. The van der Waals surface area contributed by atoms with Crippen molar-refractivity contribution >= 4 is 188 Å². The smallest absolute Gasteiger partial charge is 0.243 e. The summed E-state index contributed by atoms with van der Waals surface area (Å²) in [5.74, 6) is -3.61. The first kappa shape index (κ1) is 106. The van der Waals surface area contributed by atoms with E-state index in [-0.39, 0.29) is 139 Å². The Kier molecular flexibility index (Phi) is 75.6. The molecular weight excluding hydrogens is 1430 g/mol. The highest BCUT2D eigenvalue weighted by Gasteiger charge is 2.22. The predicted molar refractivity (Wildman–Crippen MR) is 385 cm³/mol. The highest BCUT2D eigenvalue weighted by atomic mass is 33.1. The van der Waals surface area contributed by atoms with Gasteiger partial charge in [0.05, 0.1) is 51.2 Å². The number of primary amides is 6. The van der Waals surface area contributed by atoms with Gasteiger partial charge < -0.3 is 131 Å². The monoisotopic (exact) mass is 1530 g/mol. The Morgan fingerprint density at radius 1 is 0.312 bits per heavy atom. The number of hydrogen-bond acceptors (Lipinski definition) is 30. The number of guanidine groups is 2. The Labute approximate surface area is 594 Å². The SMILES string of the molecule is CC(=O)NC(CO)CO.CC(=O)NC(CO)CO.CC(=O)N[C@@H](CO)CS.CC(=O)N[C@@H](CSSC[C@@H](NC(C)=O)C(N)=O)C(N)=O.CC(=O)N[C@@H](CSSC[C@@H](NC(C)=O)C(N)=O)C(N)=O.CC(=O)N[C@H](CN)CS.NC(=O)[C@@H](CS)N=C(N)N.NC(=O)[C@H](CS)N=C(N)N. The maximum atomic E-state index is 11.1. The Bertz CT molecular complexity index is 2070. The molecule has 0 fully saturated rings. The van der Waals surface area contributed by atoms with Crippen LogP contribution in [0.2, 0.25) is 0 Å². The van der Waals surface area contributed by atoms with Gasteiger partial charge in [-0.3, -0.25) is 67.1 Å². The van der Waals surface area contributed by atoms with Crippen molar-refractivity contribution in [2.24, 2.45) is 73.1 Å². The number of carbonyl (C=O) groups is 14. The molecule has 40 nitrogen and oxygen atoms in total. The van der Waals surface area contributed by atoms with Crippen LogP contribution < -0.4 is 106 Å². The molecule has 0 heterocycles. The number of aliphatic hydroxyl groups is 5. The van der Waals surface area contributed by atoms with Crippen LogP contribution in [0.5, 0.6) is 0 Å². The Morgan fingerprint density at radius 2 is 0.500 bits per heavy atom. The van der Waals surface area contributed by atoms with Gasteiger partial charge in [-0.1, -0.05) is 43.2 Å². The van der Waals surface area contributed by atoms with Crippen molar-refractivity contribution in [1.29, 1.82) is 0 Å². The lowest BCUT2D eigenvalue weighted by molar-refractivity contribution is -0.125. The highest BCUT2D eigenvalue weighted by molar-refractivity contribution is 8.77. The van der Waals surface area contributed by atoms with Gasteiger partial charge in [0.25, 0.3) is 0 Å². The van der Waals surface area contributed by atoms with Crippen LogP contribution in [0.4, 0.5) is 0 Å². The number of aliphatic hydroxyl groups excluding tert-OH is 5. The fraction of sp³-hybridized carbons (Fsp3) is 0.667. The topological polar surface area (TPSA) is 747 Å². The summed E-state index contributed by atoms with van der Waals surface area (Å²) < 4.78 is 0. The molecule has 0 aromatic carbocycles. The lowest BCUT2D eigenvalue weighted by Gasteiger charge is -2.15. The number of nitrogens with two attached hydrogens (primary N) is 11. The summed E-state index contributed by atoms with van der Waals surface area (Å²) in [5.41, 5.74) is 55.6. The molecule has 48 heteroatoms. The molecular formula is C48H101N21O19S8. The molecule has 0 aromatic rings. The fourth-order valence-corrected chi connectivity index (χ4v) is 10.4. The average molecular weight is 1530 g/mol. The van der Waals surface area contributed by atoms with Gasteiger partial charge in [-0.25, -0.2) is 9.98 Å². The first-order chi connectivity index (χ1) is 44.4. The minimum absolute atomic E-state index is 0.0193. The summed E-state index contributed by atoms with van der Waals surface area (Å²) in [5, 5.41) is 61.6. The number of nitrogens with zero attached hydrogens (tertiary/aromatic N) is 2. The predicted octanol–water partition coefficient (Wildman–Crippen LogP) is -11.5. The maximum absolute atomic E-state index is 11.1.